The van der Waals surface area contributed by atoms with Gasteiger partial charge in [0.05, 0.1) is 4.90 Å². The average Bonchev–Trinajstić information content (AvgIpc) is 2.59. The summed E-state index contributed by atoms with van der Waals surface area (Å²) in [5.41, 5.74) is 1.23. The highest BCUT2D eigenvalue weighted by Gasteiger charge is 2.14. The summed E-state index contributed by atoms with van der Waals surface area (Å²) in [6, 6.07) is 12.8. The summed E-state index contributed by atoms with van der Waals surface area (Å²) in [6.45, 7) is 2.71. The molecule has 128 valence electrons. The number of amides is 1. The normalized spacial score (nSPS) is 11.2. The second-order valence-corrected chi connectivity index (χ2v) is 7.43. The first-order valence-electron chi connectivity index (χ1n) is 7.55. The van der Waals surface area contributed by atoms with Crippen LogP contribution in [-0.2, 0) is 16.6 Å². The summed E-state index contributed by atoms with van der Waals surface area (Å²) in [5, 5.41) is 3.34. The molecular weight excluding hydrogens is 348 g/mol. The Balaban J connectivity index is 2.03. The molecule has 0 heterocycles. The minimum absolute atomic E-state index is 0.114. The lowest BCUT2D eigenvalue weighted by atomic mass is 10.2. The molecule has 7 heteroatoms. The molecule has 5 nitrogen and oxygen atoms in total. The fourth-order valence-electron chi connectivity index (χ4n) is 1.99. The van der Waals surface area contributed by atoms with Gasteiger partial charge in [0.15, 0.2) is 0 Å². The average molecular weight is 367 g/mol. The molecule has 2 rings (SSSR count). The van der Waals surface area contributed by atoms with E-state index in [2.05, 4.69) is 10.0 Å². The number of carbonyl (C=O) groups is 1. The molecule has 0 radical (unpaired) electrons. The third kappa shape index (κ3) is 5.06. The number of hydrogen-bond acceptors (Lipinski definition) is 3. The molecule has 0 aromatic heterocycles. The van der Waals surface area contributed by atoms with E-state index >= 15 is 0 Å². The topological polar surface area (TPSA) is 75.3 Å². The molecule has 24 heavy (non-hydrogen) atoms. The molecular formula is C17H19ClN2O3S. The van der Waals surface area contributed by atoms with Crippen LogP contribution in [0.1, 0.15) is 29.3 Å². The van der Waals surface area contributed by atoms with Gasteiger partial charge in [0, 0.05) is 23.7 Å². The van der Waals surface area contributed by atoms with E-state index in [4.69, 9.17) is 11.6 Å². The fraction of sp³-hybridized carbons (Fsp3) is 0.235. The Kier molecular flexibility index (Phi) is 6.36. The van der Waals surface area contributed by atoms with Crippen molar-refractivity contribution in [2.24, 2.45) is 0 Å². The van der Waals surface area contributed by atoms with E-state index in [9.17, 15) is 13.2 Å². The number of nitrogens with one attached hydrogen (secondary N) is 2. The number of halogens is 1. The minimum Gasteiger partial charge on any atom is -0.352 e. The van der Waals surface area contributed by atoms with Crippen LogP contribution in [0.4, 0.5) is 0 Å². The first-order valence-corrected chi connectivity index (χ1v) is 9.41. The van der Waals surface area contributed by atoms with Crippen LogP contribution in [0.2, 0.25) is 5.02 Å². The maximum absolute atomic E-state index is 12.3. The van der Waals surface area contributed by atoms with Gasteiger partial charge in [-0.25, -0.2) is 13.1 Å². The Bertz CT molecular complexity index is 788. The molecule has 0 atom stereocenters. The van der Waals surface area contributed by atoms with Crippen LogP contribution >= 0.6 is 11.6 Å². The largest absolute Gasteiger partial charge is 0.352 e. The molecule has 2 N–H and O–H groups in total. The first-order chi connectivity index (χ1) is 11.4. The van der Waals surface area contributed by atoms with Gasteiger partial charge in [0.25, 0.3) is 5.91 Å². The van der Waals surface area contributed by atoms with Crippen molar-refractivity contribution in [1.29, 1.82) is 0 Å². The van der Waals surface area contributed by atoms with Crippen LogP contribution in [-0.4, -0.2) is 20.9 Å². The standard InChI is InChI=1S/C17H19ClN2O3S/c1-2-11-19-17(21)14-5-9-16(10-6-14)24(22,23)20-12-13-3-7-15(18)8-4-13/h3-10,20H,2,11-12H2,1H3,(H,19,21). The van der Waals surface area contributed by atoms with Crippen molar-refractivity contribution >= 4 is 27.5 Å². The SMILES string of the molecule is CCCNC(=O)c1ccc(S(=O)(=O)NCc2ccc(Cl)cc2)cc1. The third-order valence-electron chi connectivity index (χ3n) is 3.34. The lowest BCUT2D eigenvalue weighted by molar-refractivity contribution is 0.0953. The van der Waals surface area contributed by atoms with E-state index in [1.807, 2.05) is 6.92 Å². The van der Waals surface area contributed by atoms with E-state index in [1.165, 1.54) is 24.3 Å². The van der Waals surface area contributed by atoms with Crippen molar-refractivity contribution in [1.82, 2.24) is 10.0 Å². The molecule has 0 saturated heterocycles. The van der Waals surface area contributed by atoms with E-state index in [0.29, 0.717) is 17.1 Å². The lowest BCUT2D eigenvalue weighted by Gasteiger charge is -2.08. The molecule has 0 bridgehead atoms. The molecule has 1 amide bonds. The summed E-state index contributed by atoms with van der Waals surface area (Å²) < 4.78 is 27.1. The number of sulfonamides is 1. The second-order valence-electron chi connectivity index (χ2n) is 5.23. The predicted molar refractivity (Wildman–Crippen MR) is 94.5 cm³/mol. The van der Waals surface area contributed by atoms with Crippen LogP contribution in [0.15, 0.2) is 53.4 Å². The van der Waals surface area contributed by atoms with Crippen LogP contribution in [0.25, 0.3) is 0 Å². The Hall–Kier alpha value is -1.89. The summed E-state index contributed by atoms with van der Waals surface area (Å²) in [6.07, 6.45) is 0.840. The first kappa shape index (κ1) is 18.4. The zero-order valence-electron chi connectivity index (χ0n) is 13.3. The van der Waals surface area contributed by atoms with Crippen molar-refractivity contribution in [2.45, 2.75) is 24.8 Å². The van der Waals surface area contributed by atoms with Crippen molar-refractivity contribution in [3.8, 4) is 0 Å². The van der Waals surface area contributed by atoms with Crippen LogP contribution in [0.3, 0.4) is 0 Å². The van der Waals surface area contributed by atoms with Gasteiger partial charge in [0.2, 0.25) is 10.0 Å². The van der Waals surface area contributed by atoms with Gasteiger partial charge < -0.3 is 5.32 Å². The van der Waals surface area contributed by atoms with Gasteiger partial charge in [0.1, 0.15) is 0 Å². The van der Waals surface area contributed by atoms with Gasteiger partial charge in [-0.1, -0.05) is 30.7 Å². The quantitative estimate of drug-likeness (QED) is 0.791. The van der Waals surface area contributed by atoms with Gasteiger partial charge in [-0.2, -0.15) is 0 Å². The molecule has 0 saturated carbocycles. The number of hydrogen-bond donors (Lipinski definition) is 2. The molecule has 0 spiro atoms. The smallest absolute Gasteiger partial charge is 0.251 e. The highest BCUT2D eigenvalue weighted by atomic mass is 35.5. The Morgan fingerprint density at radius 1 is 1.04 bits per heavy atom. The highest BCUT2D eigenvalue weighted by Crippen LogP contribution is 2.13. The monoisotopic (exact) mass is 366 g/mol. The Labute approximate surface area is 147 Å². The van der Waals surface area contributed by atoms with Crippen molar-refractivity contribution in [3.05, 3.63) is 64.7 Å². The maximum Gasteiger partial charge on any atom is 0.251 e. The molecule has 0 aliphatic rings. The summed E-state index contributed by atoms with van der Waals surface area (Å²) in [4.78, 5) is 11.9. The van der Waals surface area contributed by atoms with Gasteiger partial charge in [-0.15, -0.1) is 0 Å². The summed E-state index contributed by atoms with van der Waals surface area (Å²) in [5.74, 6) is -0.213. The van der Waals surface area contributed by atoms with Gasteiger partial charge in [-0.05, 0) is 48.4 Å². The highest BCUT2D eigenvalue weighted by molar-refractivity contribution is 7.89. The summed E-state index contributed by atoms with van der Waals surface area (Å²) >= 11 is 5.80. The van der Waals surface area contributed by atoms with Crippen molar-refractivity contribution in [2.75, 3.05) is 6.54 Å². The molecule has 0 fully saturated rings. The molecule has 2 aromatic rings. The van der Waals surface area contributed by atoms with Crippen LogP contribution in [0, 0.1) is 0 Å². The zero-order valence-corrected chi connectivity index (χ0v) is 14.8. The Morgan fingerprint density at radius 3 is 2.25 bits per heavy atom. The molecule has 0 aliphatic carbocycles. The van der Waals surface area contributed by atoms with Gasteiger partial charge in [-0.3, -0.25) is 4.79 Å². The fourth-order valence-corrected chi connectivity index (χ4v) is 3.13. The summed E-state index contributed by atoms with van der Waals surface area (Å²) in [7, 11) is -3.64. The van der Waals surface area contributed by atoms with E-state index in [0.717, 1.165) is 12.0 Å². The predicted octanol–water partition coefficient (Wildman–Crippen LogP) is 2.96. The van der Waals surface area contributed by atoms with Crippen LogP contribution < -0.4 is 10.0 Å². The van der Waals surface area contributed by atoms with Crippen molar-refractivity contribution < 1.29 is 13.2 Å². The third-order valence-corrected chi connectivity index (χ3v) is 5.01. The van der Waals surface area contributed by atoms with Crippen LogP contribution in [0.5, 0.6) is 0 Å². The second kappa shape index (κ2) is 8.28. The Morgan fingerprint density at radius 2 is 1.67 bits per heavy atom. The number of benzene rings is 2. The minimum atomic E-state index is -3.64. The maximum atomic E-state index is 12.3. The van der Waals surface area contributed by atoms with E-state index in [-0.39, 0.29) is 17.3 Å². The number of carbonyl (C=O) groups excluding carboxylic acids is 1. The molecule has 0 unspecified atom stereocenters. The van der Waals surface area contributed by atoms with Crippen molar-refractivity contribution in [3.63, 3.8) is 0 Å². The number of rotatable bonds is 7. The van der Waals surface area contributed by atoms with E-state index < -0.39 is 10.0 Å². The zero-order chi connectivity index (χ0) is 17.6. The van der Waals surface area contributed by atoms with E-state index in [1.54, 1.807) is 24.3 Å². The molecule has 2 aromatic carbocycles. The van der Waals surface area contributed by atoms with Gasteiger partial charge >= 0.3 is 0 Å². The lowest BCUT2D eigenvalue weighted by Crippen LogP contribution is -2.25. The molecule has 0 aliphatic heterocycles.